The summed E-state index contributed by atoms with van der Waals surface area (Å²) in [5.74, 6) is -0.214. The molecule has 0 saturated carbocycles. The number of furan rings is 1. The number of aliphatic carboxylic acids is 1. The Kier molecular flexibility index (Phi) is 4.23. The SMILES string of the molecule is COc1ccc2c(CC(=O)N3CCCC3CC(=O)O)coc2c1. The number of carboxylic acid groups (broad SMARTS) is 1. The van der Waals surface area contributed by atoms with Crippen molar-refractivity contribution in [2.24, 2.45) is 0 Å². The Morgan fingerprint density at radius 1 is 1.43 bits per heavy atom. The Morgan fingerprint density at radius 2 is 2.26 bits per heavy atom. The smallest absolute Gasteiger partial charge is 0.305 e. The van der Waals surface area contributed by atoms with E-state index in [2.05, 4.69) is 0 Å². The highest BCUT2D eigenvalue weighted by Crippen LogP contribution is 2.27. The fourth-order valence-corrected chi connectivity index (χ4v) is 3.17. The van der Waals surface area contributed by atoms with Gasteiger partial charge in [-0.15, -0.1) is 0 Å². The highest BCUT2D eigenvalue weighted by molar-refractivity contribution is 5.88. The number of rotatable bonds is 5. The first-order chi connectivity index (χ1) is 11.1. The van der Waals surface area contributed by atoms with E-state index in [0.717, 1.165) is 23.8 Å². The van der Waals surface area contributed by atoms with Crippen LogP contribution in [-0.2, 0) is 16.0 Å². The van der Waals surface area contributed by atoms with Gasteiger partial charge in [-0.3, -0.25) is 9.59 Å². The van der Waals surface area contributed by atoms with Crippen molar-refractivity contribution in [2.45, 2.75) is 31.7 Å². The number of carbonyl (C=O) groups is 2. The number of nitrogens with zero attached hydrogens (tertiary/aromatic N) is 1. The summed E-state index contributed by atoms with van der Waals surface area (Å²) < 4.78 is 10.7. The molecule has 6 heteroatoms. The van der Waals surface area contributed by atoms with Crippen LogP contribution in [0.3, 0.4) is 0 Å². The number of fused-ring (bicyclic) bond motifs is 1. The molecule has 1 unspecified atom stereocenters. The zero-order chi connectivity index (χ0) is 16.4. The minimum absolute atomic E-state index is 0.00900. The quantitative estimate of drug-likeness (QED) is 0.916. The maximum atomic E-state index is 12.5. The van der Waals surface area contributed by atoms with Crippen molar-refractivity contribution >= 4 is 22.8 Å². The molecule has 1 amide bonds. The van der Waals surface area contributed by atoms with Crippen LogP contribution in [0, 0.1) is 0 Å². The molecule has 1 saturated heterocycles. The largest absolute Gasteiger partial charge is 0.497 e. The average Bonchev–Trinajstić information content (AvgIpc) is 3.13. The molecule has 0 radical (unpaired) electrons. The van der Waals surface area contributed by atoms with E-state index in [4.69, 9.17) is 14.3 Å². The number of amides is 1. The zero-order valence-electron chi connectivity index (χ0n) is 12.9. The lowest BCUT2D eigenvalue weighted by Crippen LogP contribution is -2.37. The molecule has 1 aromatic carbocycles. The van der Waals surface area contributed by atoms with Gasteiger partial charge < -0.3 is 19.2 Å². The molecule has 1 aliphatic heterocycles. The standard InChI is InChI=1S/C17H19NO5/c1-22-13-4-5-14-11(10-23-15(14)9-13)7-16(19)18-6-2-3-12(18)8-17(20)21/h4-5,9-10,12H,2-3,6-8H2,1H3,(H,20,21). The van der Waals surface area contributed by atoms with Crippen molar-refractivity contribution in [3.8, 4) is 5.75 Å². The number of ether oxygens (including phenoxy) is 1. The van der Waals surface area contributed by atoms with Crippen LogP contribution >= 0.6 is 0 Å². The Morgan fingerprint density at radius 3 is 3.00 bits per heavy atom. The van der Waals surface area contributed by atoms with Crippen LogP contribution in [-0.4, -0.2) is 41.6 Å². The molecule has 0 spiro atoms. The van der Waals surface area contributed by atoms with Crippen LogP contribution < -0.4 is 4.74 Å². The number of carboxylic acids is 1. The Bertz CT molecular complexity index is 736. The van der Waals surface area contributed by atoms with E-state index in [1.54, 1.807) is 24.3 Å². The van der Waals surface area contributed by atoms with E-state index in [0.29, 0.717) is 17.9 Å². The van der Waals surface area contributed by atoms with E-state index < -0.39 is 5.97 Å². The molecule has 1 fully saturated rings. The van der Waals surface area contributed by atoms with Crippen molar-refractivity contribution in [1.29, 1.82) is 0 Å². The van der Waals surface area contributed by atoms with Crippen LogP contribution in [0.2, 0.25) is 0 Å². The van der Waals surface area contributed by atoms with E-state index in [9.17, 15) is 9.59 Å². The molecule has 0 bridgehead atoms. The third kappa shape index (κ3) is 3.16. The van der Waals surface area contributed by atoms with Gasteiger partial charge in [0, 0.05) is 29.6 Å². The van der Waals surface area contributed by atoms with Crippen LogP contribution in [0.25, 0.3) is 11.0 Å². The Balaban J connectivity index is 1.76. The van der Waals surface area contributed by atoms with Gasteiger partial charge in [-0.2, -0.15) is 0 Å². The lowest BCUT2D eigenvalue weighted by Gasteiger charge is -2.23. The maximum absolute atomic E-state index is 12.5. The molecule has 1 aromatic heterocycles. The zero-order valence-corrected chi connectivity index (χ0v) is 12.9. The van der Waals surface area contributed by atoms with Gasteiger partial charge in [0.2, 0.25) is 5.91 Å². The van der Waals surface area contributed by atoms with Crippen LogP contribution in [0.5, 0.6) is 5.75 Å². The fourth-order valence-electron chi connectivity index (χ4n) is 3.17. The van der Waals surface area contributed by atoms with Crippen molar-refractivity contribution in [2.75, 3.05) is 13.7 Å². The van der Waals surface area contributed by atoms with Crippen LogP contribution in [0.4, 0.5) is 0 Å². The van der Waals surface area contributed by atoms with E-state index in [1.165, 1.54) is 0 Å². The van der Waals surface area contributed by atoms with E-state index in [1.807, 2.05) is 12.1 Å². The average molecular weight is 317 g/mol. The van der Waals surface area contributed by atoms with Gasteiger partial charge in [0.1, 0.15) is 11.3 Å². The predicted molar refractivity (Wildman–Crippen MR) is 83.5 cm³/mol. The first-order valence-corrected chi connectivity index (χ1v) is 7.64. The van der Waals surface area contributed by atoms with Crippen molar-refractivity contribution in [3.05, 3.63) is 30.0 Å². The first-order valence-electron chi connectivity index (χ1n) is 7.64. The minimum atomic E-state index is -0.865. The molecular formula is C17H19NO5. The monoisotopic (exact) mass is 317 g/mol. The third-order valence-corrected chi connectivity index (χ3v) is 4.31. The molecule has 2 heterocycles. The molecule has 1 aliphatic rings. The Hall–Kier alpha value is -2.50. The molecule has 0 aliphatic carbocycles. The summed E-state index contributed by atoms with van der Waals surface area (Å²) in [5, 5.41) is 9.84. The summed E-state index contributed by atoms with van der Waals surface area (Å²) in [4.78, 5) is 25.1. The van der Waals surface area contributed by atoms with Crippen LogP contribution in [0.15, 0.2) is 28.9 Å². The number of benzene rings is 1. The van der Waals surface area contributed by atoms with Crippen molar-refractivity contribution in [1.82, 2.24) is 4.90 Å². The summed E-state index contributed by atoms with van der Waals surface area (Å²) in [7, 11) is 1.59. The second kappa shape index (κ2) is 6.32. The normalized spacial score (nSPS) is 17.6. The van der Waals surface area contributed by atoms with Gasteiger partial charge in [-0.25, -0.2) is 0 Å². The second-order valence-corrected chi connectivity index (χ2v) is 5.78. The van der Waals surface area contributed by atoms with Gasteiger partial charge in [0.25, 0.3) is 0 Å². The highest BCUT2D eigenvalue weighted by Gasteiger charge is 2.30. The lowest BCUT2D eigenvalue weighted by molar-refractivity contribution is -0.139. The fraction of sp³-hybridized carbons (Fsp3) is 0.412. The minimum Gasteiger partial charge on any atom is -0.497 e. The molecular weight excluding hydrogens is 298 g/mol. The number of hydrogen-bond donors (Lipinski definition) is 1. The first kappa shape index (κ1) is 15.4. The lowest BCUT2D eigenvalue weighted by atomic mass is 10.1. The predicted octanol–water partition coefficient (Wildman–Crippen LogP) is 2.45. The molecule has 6 nitrogen and oxygen atoms in total. The molecule has 1 atom stereocenters. The summed E-state index contributed by atoms with van der Waals surface area (Å²) in [6.45, 7) is 0.625. The summed E-state index contributed by atoms with van der Waals surface area (Å²) in [6.07, 6.45) is 3.42. The Labute approximate surface area is 133 Å². The van der Waals surface area contributed by atoms with Gasteiger partial charge in [-0.1, -0.05) is 0 Å². The third-order valence-electron chi connectivity index (χ3n) is 4.31. The molecule has 1 N–H and O–H groups in total. The van der Waals surface area contributed by atoms with Crippen LogP contribution in [0.1, 0.15) is 24.8 Å². The van der Waals surface area contributed by atoms with Crippen molar-refractivity contribution < 1.29 is 23.8 Å². The van der Waals surface area contributed by atoms with Gasteiger partial charge in [0.05, 0.1) is 26.2 Å². The molecule has 122 valence electrons. The summed E-state index contributed by atoms with van der Waals surface area (Å²) >= 11 is 0. The molecule has 3 rings (SSSR count). The topological polar surface area (TPSA) is 80.0 Å². The number of likely N-dealkylation sites (tertiary alicyclic amines) is 1. The van der Waals surface area contributed by atoms with E-state index >= 15 is 0 Å². The molecule has 23 heavy (non-hydrogen) atoms. The highest BCUT2D eigenvalue weighted by atomic mass is 16.5. The summed E-state index contributed by atoms with van der Waals surface area (Å²) in [5.41, 5.74) is 1.49. The number of hydrogen-bond acceptors (Lipinski definition) is 4. The van der Waals surface area contributed by atoms with Crippen molar-refractivity contribution in [3.63, 3.8) is 0 Å². The van der Waals surface area contributed by atoms with Gasteiger partial charge in [0.15, 0.2) is 0 Å². The number of carbonyl (C=O) groups excluding carboxylic acids is 1. The second-order valence-electron chi connectivity index (χ2n) is 5.78. The summed E-state index contributed by atoms with van der Waals surface area (Å²) in [6, 6.07) is 5.29. The maximum Gasteiger partial charge on any atom is 0.305 e. The van der Waals surface area contributed by atoms with Gasteiger partial charge in [-0.05, 0) is 25.0 Å². The number of methoxy groups -OCH3 is 1. The molecule has 2 aromatic rings. The van der Waals surface area contributed by atoms with Gasteiger partial charge >= 0.3 is 5.97 Å². The van der Waals surface area contributed by atoms with E-state index in [-0.39, 0.29) is 24.8 Å².